The van der Waals surface area contributed by atoms with Gasteiger partial charge in [-0.15, -0.1) is 11.3 Å². The molecule has 17 rings (SSSR count). The van der Waals surface area contributed by atoms with Crippen LogP contribution >= 0.6 is 11.3 Å². The first-order chi connectivity index (χ1) is 36.4. The lowest BCUT2D eigenvalue weighted by Gasteiger charge is -2.44. The minimum Gasteiger partial charge on any atom is -0.311 e. The summed E-state index contributed by atoms with van der Waals surface area (Å²) in [6.45, 7) is 6.88. The summed E-state index contributed by atoms with van der Waals surface area (Å²) in [5.41, 5.74) is 30.6. The van der Waals surface area contributed by atoms with Crippen LogP contribution in [0.2, 0.25) is 0 Å². The van der Waals surface area contributed by atoms with Crippen LogP contribution in [0.15, 0.2) is 231 Å². The van der Waals surface area contributed by atoms with Gasteiger partial charge in [-0.2, -0.15) is 0 Å². The molecule has 4 heteroatoms. The van der Waals surface area contributed by atoms with Gasteiger partial charge in [-0.25, -0.2) is 0 Å². The molecular formula is C70H47BN2S. The number of hydrogen-bond donors (Lipinski definition) is 0. The fourth-order valence-electron chi connectivity index (χ4n) is 15.0. The Bertz CT molecular complexity index is 4180. The van der Waals surface area contributed by atoms with Gasteiger partial charge in [0.05, 0.1) is 16.5 Å². The van der Waals surface area contributed by atoms with Gasteiger partial charge < -0.3 is 9.80 Å². The molecule has 74 heavy (non-hydrogen) atoms. The Morgan fingerprint density at radius 2 is 0.824 bits per heavy atom. The summed E-state index contributed by atoms with van der Waals surface area (Å²) in [6.07, 6.45) is 0. The number of para-hydroxylation sites is 1. The number of benzene rings is 10. The number of hydrogen-bond acceptors (Lipinski definition) is 3. The van der Waals surface area contributed by atoms with E-state index in [9.17, 15) is 0 Å². The first-order valence-corrected chi connectivity index (χ1v) is 27.0. The van der Waals surface area contributed by atoms with E-state index in [4.69, 9.17) is 0 Å². The van der Waals surface area contributed by atoms with Crippen LogP contribution in [-0.2, 0) is 16.2 Å². The lowest BCUT2D eigenvalue weighted by molar-refractivity contribution is 0.590. The van der Waals surface area contributed by atoms with Gasteiger partial charge in [-0.1, -0.05) is 209 Å². The molecule has 6 aliphatic rings. The Kier molecular flexibility index (Phi) is 7.88. The fraction of sp³-hybridized carbons (Fsp3) is 0.0857. The zero-order valence-electron chi connectivity index (χ0n) is 41.3. The normalized spacial score (nSPS) is 15.4. The largest absolute Gasteiger partial charge is 0.311 e. The highest BCUT2D eigenvalue weighted by molar-refractivity contribution is 7.30. The topological polar surface area (TPSA) is 6.48 Å². The predicted octanol–water partition coefficient (Wildman–Crippen LogP) is 15.8. The Balaban J connectivity index is 1.03. The molecule has 0 unspecified atom stereocenters. The van der Waals surface area contributed by atoms with Crippen LogP contribution in [0.25, 0.3) is 44.5 Å². The summed E-state index contributed by atoms with van der Waals surface area (Å²) in [6, 6.07) is 88.6. The van der Waals surface area contributed by atoms with E-state index in [-0.39, 0.29) is 12.1 Å². The summed E-state index contributed by atoms with van der Waals surface area (Å²) in [5, 5.41) is 0. The van der Waals surface area contributed by atoms with Gasteiger partial charge >= 0.3 is 0 Å². The summed E-state index contributed by atoms with van der Waals surface area (Å²) < 4.78 is 1.40. The molecule has 0 fully saturated rings. The second-order valence-corrected chi connectivity index (χ2v) is 23.2. The zero-order chi connectivity index (χ0) is 48.8. The molecule has 0 amide bonds. The van der Waals surface area contributed by atoms with Gasteiger partial charge in [-0.05, 0) is 142 Å². The summed E-state index contributed by atoms with van der Waals surface area (Å²) in [5.74, 6) is 0. The van der Waals surface area contributed by atoms with Crippen molar-refractivity contribution in [3.8, 4) is 44.5 Å². The van der Waals surface area contributed by atoms with Gasteiger partial charge in [0.15, 0.2) is 0 Å². The molecule has 346 valence electrons. The SMILES string of the molecule is CC(C)(C)c1ccc(N2c3cccc4c3B(c3cc5c(cc3N4c3ccccc3)-c3ccccc3C53c4ccccc4-c4ccccc43)c3sc4c(c32)-c2ccccc2C42c3ccccc3-c3ccccc32)cc1. The molecule has 0 saturated carbocycles. The molecule has 2 spiro atoms. The molecular weight excluding hydrogens is 912 g/mol. The maximum absolute atomic E-state index is 2.69. The van der Waals surface area contributed by atoms with Crippen LogP contribution in [0.3, 0.4) is 0 Å². The van der Waals surface area contributed by atoms with Crippen molar-refractivity contribution in [2.24, 2.45) is 0 Å². The molecule has 0 atom stereocenters. The van der Waals surface area contributed by atoms with E-state index in [1.54, 1.807) is 0 Å². The molecule has 0 N–H and O–H groups in total. The second kappa shape index (κ2) is 14.2. The Morgan fingerprint density at radius 3 is 1.36 bits per heavy atom. The molecule has 0 saturated heterocycles. The van der Waals surface area contributed by atoms with Crippen LogP contribution in [0.5, 0.6) is 0 Å². The molecule has 1 aromatic heterocycles. The van der Waals surface area contributed by atoms with Crippen LogP contribution in [0.1, 0.15) is 70.2 Å². The number of nitrogens with zero attached hydrogens (tertiary/aromatic N) is 2. The monoisotopic (exact) mass is 958 g/mol. The Morgan fingerprint density at radius 1 is 0.378 bits per heavy atom. The predicted molar refractivity (Wildman–Crippen MR) is 310 cm³/mol. The van der Waals surface area contributed by atoms with Gasteiger partial charge in [0.2, 0.25) is 0 Å². The van der Waals surface area contributed by atoms with E-state index in [2.05, 4.69) is 272 Å². The van der Waals surface area contributed by atoms with Crippen molar-refractivity contribution in [3.05, 3.63) is 280 Å². The van der Waals surface area contributed by atoms with Gasteiger partial charge in [0.1, 0.15) is 0 Å². The van der Waals surface area contributed by atoms with Crippen molar-refractivity contribution in [3.63, 3.8) is 0 Å². The number of rotatable bonds is 2. The standard InChI is InChI=1S/C70H47BN2S/c1-68(2,3)42-36-38-44(39-37-42)73-61-35-19-34-60-64(61)71(67-65(73)63-50-27-12-18-33-57(50)70(66(63)74-67)55-31-16-9-24-47(55)48-25-10-17-32-56(48)70)59-41-58-51(40-62(59)72(60)43-20-5-4-6-21-43)49-26-11-15-30-54(49)69(58)52-28-13-7-22-45(52)46-23-8-14-29-53(46)69/h4-41H,1-3H3. The molecule has 10 aromatic carbocycles. The molecule has 3 heterocycles. The average molecular weight is 959 g/mol. The number of fused-ring (bicyclic) bond motifs is 25. The first kappa shape index (κ1) is 41.1. The van der Waals surface area contributed by atoms with E-state index < -0.39 is 10.8 Å². The minimum atomic E-state index is -0.485. The lowest BCUT2D eigenvalue weighted by atomic mass is 9.36. The summed E-state index contributed by atoms with van der Waals surface area (Å²) in [4.78, 5) is 6.67. The van der Waals surface area contributed by atoms with Gasteiger partial charge in [0.25, 0.3) is 6.71 Å². The van der Waals surface area contributed by atoms with E-state index in [0.29, 0.717) is 0 Å². The molecule has 4 aliphatic carbocycles. The van der Waals surface area contributed by atoms with E-state index in [1.165, 1.54) is 138 Å². The molecule has 0 radical (unpaired) electrons. The second-order valence-electron chi connectivity index (χ2n) is 22.2. The minimum absolute atomic E-state index is 0.0122. The number of anilines is 6. The highest BCUT2D eigenvalue weighted by Gasteiger charge is 2.58. The summed E-state index contributed by atoms with van der Waals surface area (Å²) >= 11 is 2.07. The van der Waals surface area contributed by atoms with E-state index >= 15 is 0 Å². The highest BCUT2D eigenvalue weighted by Crippen LogP contribution is 2.68. The maximum Gasteiger partial charge on any atom is 0.264 e. The lowest BCUT2D eigenvalue weighted by Crippen LogP contribution is -2.60. The van der Waals surface area contributed by atoms with E-state index in [1.807, 2.05) is 0 Å². The Hall–Kier alpha value is -8.44. The number of thiophene rings is 1. The van der Waals surface area contributed by atoms with Gasteiger partial charge in [0, 0.05) is 43.7 Å². The highest BCUT2D eigenvalue weighted by atomic mass is 32.1. The summed E-state index contributed by atoms with van der Waals surface area (Å²) in [7, 11) is 0. The van der Waals surface area contributed by atoms with Crippen molar-refractivity contribution < 1.29 is 0 Å². The van der Waals surface area contributed by atoms with E-state index in [0.717, 1.165) is 5.69 Å². The molecule has 11 aromatic rings. The maximum atomic E-state index is 2.69. The average Bonchev–Trinajstić information content (AvgIpc) is 4.22. The third-order valence-electron chi connectivity index (χ3n) is 17.8. The van der Waals surface area contributed by atoms with Crippen LogP contribution in [0.4, 0.5) is 34.1 Å². The quantitative estimate of drug-likeness (QED) is 0.159. The molecule has 0 bridgehead atoms. The van der Waals surface area contributed by atoms with Crippen molar-refractivity contribution in [2.75, 3.05) is 9.80 Å². The smallest absolute Gasteiger partial charge is 0.264 e. The first-order valence-electron chi connectivity index (χ1n) is 26.2. The molecule has 2 aliphatic heterocycles. The van der Waals surface area contributed by atoms with Crippen LogP contribution in [0, 0.1) is 0 Å². The van der Waals surface area contributed by atoms with Crippen molar-refractivity contribution >= 4 is 67.9 Å². The van der Waals surface area contributed by atoms with Crippen molar-refractivity contribution in [1.29, 1.82) is 0 Å². The van der Waals surface area contributed by atoms with Crippen molar-refractivity contribution in [2.45, 2.75) is 37.0 Å². The van der Waals surface area contributed by atoms with Gasteiger partial charge in [-0.3, -0.25) is 0 Å². The zero-order valence-corrected chi connectivity index (χ0v) is 42.1. The Labute approximate surface area is 436 Å². The fourth-order valence-corrected chi connectivity index (χ4v) is 16.7. The van der Waals surface area contributed by atoms with Crippen LogP contribution in [-0.4, -0.2) is 6.71 Å². The third-order valence-corrected chi connectivity index (χ3v) is 19.2. The third kappa shape index (κ3) is 4.80. The van der Waals surface area contributed by atoms with Crippen molar-refractivity contribution in [1.82, 2.24) is 0 Å². The van der Waals surface area contributed by atoms with Crippen LogP contribution < -0.4 is 25.5 Å². The molecule has 2 nitrogen and oxygen atoms in total.